The molecule has 0 spiro atoms. The van der Waals surface area contributed by atoms with Crippen molar-refractivity contribution in [2.45, 2.75) is 24.8 Å². The first-order valence-electron chi connectivity index (χ1n) is 8.62. The van der Waals surface area contributed by atoms with Gasteiger partial charge in [-0.1, -0.05) is 66.2 Å². The Morgan fingerprint density at radius 2 is 1.79 bits per heavy atom. The molecule has 1 atom stereocenters. The minimum absolute atomic E-state index is 0.0633. The number of aryl methyl sites for hydroxylation is 1. The average molecular weight is 420 g/mol. The summed E-state index contributed by atoms with van der Waals surface area (Å²) in [5.74, 6) is -0.701. The van der Waals surface area contributed by atoms with Crippen molar-refractivity contribution < 1.29 is 17.9 Å². The third kappa shape index (κ3) is 5.79. The molecule has 1 N–H and O–H groups in total. The van der Waals surface area contributed by atoms with Crippen molar-refractivity contribution in [3.63, 3.8) is 0 Å². The van der Waals surface area contributed by atoms with Crippen molar-refractivity contribution in [1.82, 2.24) is 4.72 Å². The van der Waals surface area contributed by atoms with Gasteiger partial charge in [0.25, 0.3) is 0 Å². The van der Waals surface area contributed by atoms with Gasteiger partial charge >= 0.3 is 5.97 Å². The van der Waals surface area contributed by atoms with Gasteiger partial charge in [0.1, 0.15) is 0 Å². The molecule has 0 aliphatic heterocycles. The van der Waals surface area contributed by atoms with Crippen LogP contribution in [0.3, 0.4) is 0 Å². The molecule has 1 unspecified atom stereocenters. The van der Waals surface area contributed by atoms with Crippen LogP contribution >= 0.6 is 11.6 Å². The molecule has 5 nitrogen and oxygen atoms in total. The molecular weight excluding hydrogens is 398 g/mol. The molecule has 0 heterocycles. The molecular formula is C21H22ClNO4S. The monoisotopic (exact) mass is 419 g/mol. The number of carbonyl (C=O) groups excluding carboxylic acids is 1. The Kier molecular flexibility index (Phi) is 7.57. The number of sulfonamides is 1. The van der Waals surface area contributed by atoms with Crippen molar-refractivity contribution in [2.24, 2.45) is 0 Å². The van der Waals surface area contributed by atoms with Crippen LogP contribution in [-0.2, 0) is 19.6 Å². The molecule has 0 fully saturated rings. The zero-order valence-electron chi connectivity index (χ0n) is 15.7. The highest BCUT2D eigenvalue weighted by molar-refractivity contribution is 7.89. The highest BCUT2D eigenvalue weighted by Gasteiger charge is 2.25. The molecule has 2 aromatic rings. The van der Waals surface area contributed by atoms with Crippen LogP contribution in [0, 0.1) is 6.92 Å². The topological polar surface area (TPSA) is 72.5 Å². The van der Waals surface area contributed by atoms with Crippen molar-refractivity contribution in [3.8, 4) is 0 Å². The Morgan fingerprint density at radius 1 is 1.18 bits per heavy atom. The number of esters is 1. The van der Waals surface area contributed by atoms with Crippen molar-refractivity contribution >= 4 is 32.6 Å². The van der Waals surface area contributed by atoms with E-state index in [-0.39, 0.29) is 22.1 Å². The van der Waals surface area contributed by atoms with Crippen LogP contribution < -0.4 is 4.72 Å². The first-order valence-corrected chi connectivity index (χ1v) is 10.5. The molecule has 0 saturated carbocycles. The maximum atomic E-state index is 12.8. The number of nitrogens with one attached hydrogen (secondary N) is 1. The third-order valence-electron chi connectivity index (χ3n) is 3.89. The Balaban J connectivity index is 2.39. The number of benzene rings is 2. The van der Waals surface area contributed by atoms with E-state index in [1.807, 2.05) is 13.0 Å². The first kappa shape index (κ1) is 21.9. The van der Waals surface area contributed by atoms with E-state index in [0.29, 0.717) is 5.56 Å². The fraction of sp³-hybridized carbons (Fsp3) is 0.190. The summed E-state index contributed by atoms with van der Waals surface area (Å²) in [6, 6.07) is 14.3. The molecule has 0 radical (unpaired) electrons. The molecule has 0 amide bonds. The van der Waals surface area contributed by atoms with Gasteiger partial charge in [-0.15, -0.1) is 0 Å². The van der Waals surface area contributed by atoms with Crippen LogP contribution in [0.4, 0.5) is 0 Å². The van der Waals surface area contributed by atoms with E-state index in [4.69, 9.17) is 16.3 Å². The van der Waals surface area contributed by atoms with Crippen molar-refractivity contribution in [2.75, 3.05) is 6.61 Å². The van der Waals surface area contributed by atoms with E-state index in [9.17, 15) is 13.2 Å². The van der Waals surface area contributed by atoms with Gasteiger partial charge in [-0.2, -0.15) is 4.72 Å². The Hall–Kier alpha value is -2.41. The van der Waals surface area contributed by atoms with Gasteiger partial charge in [0.05, 0.1) is 23.1 Å². The lowest BCUT2D eigenvalue weighted by atomic mass is 10.1. The lowest BCUT2D eigenvalue weighted by Gasteiger charge is -2.18. The van der Waals surface area contributed by atoms with Crippen molar-refractivity contribution in [3.05, 3.63) is 84.0 Å². The molecule has 148 valence electrons. The van der Waals surface area contributed by atoms with E-state index >= 15 is 0 Å². The summed E-state index contributed by atoms with van der Waals surface area (Å²) >= 11 is 6.36. The third-order valence-corrected chi connectivity index (χ3v) is 5.69. The molecule has 2 aromatic carbocycles. The SMILES string of the molecule is C=C(C(=O)OCC)C(/C=C(\Cl)c1ccccc1)NS(=O)(=O)c1ccc(C)cc1. The predicted molar refractivity (Wildman–Crippen MR) is 111 cm³/mol. The van der Waals surface area contributed by atoms with E-state index in [0.717, 1.165) is 5.56 Å². The van der Waals surface area contributed by atoms with Crippen LogP contribution in [0.1, 0.15) is 18.1 Å². The zero-order valence-corrected chi connectivity index (χ0v) is 17.3. The van der Waals surface area contributed by atoms with Crippen LogP contribution in [0.15, 0.2) is 77.7 Å². The van der Waals surface area contributed by atoms with Gasteiger partial charge in [0.15, 0.2) is 0 Å². The lowest BCUT2D eigenvalue weighted by molar-refractivity contribution is -0.138. The van der Waals surface area contributed by atoms with Crippen LogP contribution in [0.2, 0.25) is 0 Å². The molecule has 2 rings (SSSR count). The maximum absolute atomic E-state index is 12.8. The van der Waals surface area contributed by atoms with E-state index < -0.39 is 22.0 Å². The number of hydrogen-bond acceptors (Lipinski definition) is 4. The van der Waals surface area contributed by atoms with Gasteiger partial charge in [-0.25, -0.2) is 13.2 Å². The Labute approximate surface area is 170 Å². The number of hydrogen-bond donors (Lipinski definition) is 1. The van der Waals surface area contributed by atoms with E-state index in [1.54, 1.807) is 43.3 Å². The lowest BCUT2D eigenvalue weighted by Crippen LogP contribution is -2.37. The summed E-state index contributed by atoms with van der Waals surface area (Å²) in [5.41, 5.74) is 1.55. The normalized spacial score (nSPS) is 13.0. The maximum Gasteiger partial charge on any atom is 0.335 e. The molecule has 0 aromatic heterocycles. The second-order valence-electron chi connectivity index (χ2n) is 6.04. The highest BCUT2D eigenvalue weighted by Crippen LogP contribution is 2.22. The number of ether oxygens (including phenoxy) is 1. The summed E-state index contributed by atoms with van der Waals surface area (Å²) in [6.45, 7) is 7.37. The fourth-order valence-electron chi connectivity index (χ4n) is 2.35. The molecule has 0 saturated heterocycles. The van der Waals surface area contributed by atoms with Gasteiger partial charge in [-0.05, 0) is 37.6 Å². The van der Waals surface area contributed by atoms with Crippen LogP contribution in [-0.4, -0.2) is 27.0 Å². The minimum atomic E-state index is -3.92. The van der Waals surface area contributed by atoms with E-state index in [1.165, 1.54) is 18.2 Å². The second kappa shape index (κ2) is 9.68. The quantitative estimate of drug-likeness (QED) is 0.517. The Morgan fingerprint density at radius 3 is 2.36 bits per heavy atom. The van der Waals surface area contributed by atoms with Gasteiger partial charge in [0, 0.05) is 5.03 Å². The first-order chi connectivity index (χ1) is 13.2. The highest BCUT2D eigenvalue weighted by atomic mass is 35.5. The largest absolute Gasteiger partial charge is 0.463 e. The van der Waals surface area contributed by atoms with Crippen LogP contribution in [0.25, 0.3) is 5.03 Å². The van der Waals surface area contributed by atoms with Crippen molar-refractivity contribution in [1.29, 1.82) is 0 Å². The average Bonchev–Trinajstić information content (AvgIpc) is 2.68. The number of rotatable bonds is 8. The fourth-order valence-corrected chi connectivity index (χ4v) is 3.78. The summed E-state index contributed by atoms with van der Waals surface area (Å²) in [7, 11) is -3.92. The molecule has 0 aliphatic rings. The van der Waals surface area contributed by atoms with Gasteiger partial charge in [0.2, 0.25) is 10.0 Å². The zero-order chi connectivity index (χ0) is 20.7. The summed E-state index contributed by atoms with van der Waals surface area (Å²) < 4.78 is 33.0. The molecule has 0 bridgehead atoms. The molecule has 0 aliphatic carbocycles. The van der Waals surface area contributed by atoms with Crippen LogP contribution in [0.5, 0.6) is 0 Å². The summed E-state index contributed by atoms with van der Waals surface area (Å²) in [5, 5.41) is 0.280. The summed E-state index contributed by atoms with van der Waals surface area (Å²) in [4.78, 5) is 12.2. The number of carbonyl (C=O) groups is 1. The predicted octanol–water partition coefficient (Wildman–Crippen LogP) is 4.04. The standard InChI is InChI=1S/C21H22ClNO4S/c1-4-27-21(24)16(3)20(14-19(22)17-8-6-5-7-9-17)23-28(25,26)18-12-10-15(2)11-13-18/h5-14,20,23H,3-4H2,1-2H3/b19-14-. The second-order valence-corrected chi connectivity index (χ2v) is 8.16. The smallest absolute Gasteiger partial charge is 0.335 e. The molecule has 7 heteroatoms. The summed E-state index contributed by atoms with van der Waals surface area (Å²) in [6.07, 6.45) is 1.43. The molecule has 28 heavy (non-hydrogen) atoms. The minimum Gasteiger partial charge on any atom is -0.463 e. The van der Waals surface area contributed by atoms with E-state index in [2.05, 4.69) is 11.3 Å². The van der Waals surface area contributed by atoms with Gasteiger partial charge < -0.3 is 4.74 Å². The Bertz CT molecular complexity index is 967. The van der Waals surface area contributed by atoms with Gasteiger partial charge in [-0.3, -0.25) is 0 Å². The number of halogens is 1.